The molecule has 0 fully saturated rings. The number of hydrogen-bond donors (Lipinski definition) is 5. The van der Waals surface area contributed by atoms with Crippen molar-refractivity contribution in [3.63, 3.8) is 0 Å². The highest BCUT2D eigenvalue weighted by Crippen LogP contribution is 2.59. The van der Waals surface area contributed by atoms with E-state index < -0.39 is 20.7 Å². The van der Waals surface area contributed by atoms with Gasteiger partial charge in [0.25, 0.3) is 0 Å². The van der Waals surface area contributed by atoms with Gasteiger partial charge in [0.05, 0.1) is 5.39 Å². The lowest BCUT2D eigenvalue weighted by molar-refractivity contribution is 0.343. The molecule has 0 radical (unpaired) electrons. The maximum Gasteiger partial charge on any atom is 0.360 e. The summed E-state index contributed by atoms with van der Waals surface area (Å²) in [6.07, 6.45) is 3.05. The van der Waals surface area contributed by atoms with Gasteiger partial charge in [-0.1, -0.05) is 0 Å². The quantitative estimate of drug-likeness (QED) is 0.397. The molecule has 13 heteroatoms. The molecule has 0 aliphatic rings. The third-order valence-corrected chi connectivity index (χ3v) is 7.31. The molecule has 5 N–H and O–H groups in total. The van der Waals surface area contributed by atoms with Gasteiger partial charge in [-0.15, -0.1) is 11.3 Å². The summed E-state index contributed by atoms with van der Waals surface area (Å²) in [5.41, 5.74) is -1.81. The van der Waals surface area contributed by atoms with Crippen LogP contribution in [0.5, 0.6) is 0 Å². The van der Waals surface area contributed by atoms with Crippen LogP contribution in [0.4, 0.5) is 5.82 Å². The lowest BCUT2D eigenvalue weighted by Crippen LogP contribution is -2.21. The van der Waals surface area contributed by atoms with Gasteiger partial charge in [0.1, 0.15) is 10.6 Å². The molecule has 3 aromatic heterocycles. The van der Waals surface area contributed by atoms with E-state index in [1.165, 1.54) is 23.7 Å². The predicted molar refractivity (Wildman–Crippen MR) is 92.1 cm³/mol. The van der Waals surface area contributed by atoms with E-state index in [-0.39, 0.29) is 11.6 Å². The standard InChI is InChI=1S/C12H12N4O6P2S/c17-23(18,19)12(24(20,21)22)16-10-8-3-6-25-11(8)15-9(14-10)7-1-4-13-5-2-7/h1-6,12H,(H,14,15,16)(H2,17,18,19)(H2,20,21,22). The molecule has 0 atom stereocenters. The Bertz CT molecular complexity index is 979. The zero-order valence-corrected chi connectivity index (χ0v) is 14.9. The Labute approximate surface area is 144 Å². The third kappa shape index (κ3) is 3.94. The summed E-state index contributed by atoms with van der Waals surface area (Å²) >= 11 is 1.26. The van der Waals surface area contributed by atoms with E-state index in [9.17, 15) is 28.7 Å². The van der Waals surface area contributed by atoms with E-state index in [4.69, 9.17) is 0 Å². The highest BCUT2D eigenvalue weighted by atomic mass is 32.1. The molecule has 3 rings (SSSR count). The van der Waals surface area contributed by atoms with Gasteiger partial charge in [0.15, 0.2) is 5.82 Å². The average molecular weight is 402 g/mol. The van der Waals surface area contributed by atoms with E-state index in [2.05, 4.69) is 20.3 Å². The predicted octanol–water partition coefficient (Wildman–Crippen LogP) is 1.80. The smallest absolute Gasteiger partial charge is 0.346 e. The van der Waals surface area contributed by atoms with Crippen LogP contribution in [0.3, 0.4) is 0 Å². The van der Waals surface area contributed by atoms with Crippen LogP contribution < -0.4 is 5.32 Å². The van der Waals surface area contributed by atoms with Crippen molar-refractivity contribution in [1.29, 1.82) is 0 Å². The van der Waals surface area contributed by atoms with Gasteiger partial charge in [-0.25, -0.2) is 9.97 Å². The van der Waals surface area contributed by atoms with Gasteiger partial charge in [0.2, 0.25) is 5.52 Å². The highest BCUT2D eigenvalue weighted by molar-refractivity contribution is 7.71. The molecule has 0 unspecified atom stereocenters. The summed E-state index contributed by atoms with van der Waals surface area (Å²) in [6.45, 7) is 0. The Morgan fingerprint density at radius 1 is 1.00 bits per heavy atom. The van der Waals surface area contributed by atoms with Crippen LogP contribution in [0.2, 0.25) is 0 Å². The largest absolute Gasteiger partial charge is 0.360 e. The molecule has 0 amide bonds. The first kappa shape index (κ1) is 18.1. The number of anilines is 1. The zero-order valence-electron chi connectivity index (χ0n) is 12.3. The number of hydrogen-bond acceptors (Lipinski definition) is 7. The Hall–Kier alpha value is -1.71. The van der Waals surface area contributed by atoms with Crippen molar-refractivity contribution in [2.45, 2.75) is 5.52 Å². The van der Waals surface area contributed by atoms with E-state index >= 15 is 0 Å². The SMILES string of the molecule is O=P(O)(O)C(Nc1nc(-c2ccncc2)nc2sccc12)P(=O)(O)O. The molecule has 0 aliphatic carbocycles. The van der Waals surface area contributed by atoms with Crippen molar-refractivity contribution in [3.8, 4) is 11.4 Å². The maximum absolute atomic E-state index is 11.5. The second-order valence-corrected chi connectivity index (χ2v) is 9.66. The van der Waals surface area contributed by atoms with Crippen molar-refractivity contribution < 1.29 is 28.7 Å². The van der Waals surface area contributed by atoms with Gasteiger partial charge in [-0.05, 0) is 23.6 Å². The van der Waals surface area contributed by atoms with Crippen molar-refractivity contribution >= 4 is 42.6 Å². The number of pyridine rings is 1. The van der Waals surface area contributed by atoms with Gasteiger partial charge in [-0.3, -0.25) is 14.1 Å². The van der Waals surface area contributed by atoms with Gasteiger partial charge < -0.3 is 24.9 Å². The van der Waals surface area contributed by atoms with Crippen molar-refractivity contribution in [1.82, 2.24) is 15.0 Å². The number of nitrogens with one attached hydrogen (secondary N) is 1. The summed E-state index contributed by atoms with van der Waals surface area (Å²) in [4.78, 5) is 50.1. The molecule has 0 saturated heterocycles. The molecule has 0 aliphatic heterocycles. The Balaban J connectivity index is 2.13. The Morgan fingerprint density at radius 3 is 2.24 bits per heavy atom. The van der Waals surface area contributed by atoms with Gasteiger partial charge in [0, 0.05) is 18.0 Å². The Morgan fingerprint density at radius 2 is 1.64 bits per heavy atom. The number of nitrogens with zero attached hydrogens (tertiary/aromatic N) is 3. The molecular formula is C12H12N4O6P2S. The first-order valence-corrected chi connectivity index (χ1v) is 10.9. The van der Waals surface area contributed by atoms with E-state index in [0.29, 0.717) is 15.8 Å². The molecule has 0 bridgehead atoms. The van der Waals surface area contributed by atoms with Gasteiger partial charge >= 0.3 is 15.2 Å². The van der Waals surface area contributed by atoms with Crippen LogP contribution >= 0.6 is 26.5 Å². The van der Waals surface area contributed by atoms with Crippen molar-refractivity contribution in [3.05, 3.63) is 36.0 Å². The van der Waals surface area contributed by atoms with Gasteiger partial charge in [-0.2, -0.15) is 0 Å². The van der Waals surface area contributed by atoms with Crippen LogP contribution in [-0.2, 0) is 9.13 Å². The number of fused-ring (bicyclic) bond motifs is 1. The van der Waals surface area contributed by atoms with Crippen LogP contribution in [0.25, 0.3) is 21.6 Å². The molecular weight excluding hydrogens is 390 g/mol. The minimum Gasteiger partial charge on any atom is -0.346 e. The minimum atomic E-state index is -5.15. The number of aromatic nitrogens is 3. The fraction of sp³-hybridized carbons (Fsp3) is 0.0833. The van der Waals surface area contributed by atoms with Crippen LogP contribution in [0.1, 0.15) is 0 Å². The molecule has 132 valence electrons. The summed E-state index contributed by atoms with van der Waals surface area (Å²) in [6, 6.07) is 4.87. The van der Waals surface area contributed by atoms with E-state index in [1.54, 1.807) is 23.6 Å². The second-order valence-electron chi connectivity index (χ2n) is 4.97. The van der Waals surface area contributed by atoms with Crippen LogP contribution in [0.15, 0.2) is 36.0 Å². The normalized spacial score (nSPS) is 12.7. The topological polar surface area (TPSA) is 166 Å². The minimum absolute atomic E-state index is 0.0743. The highest BCUT2D eigenvalue weighted by Gasteiger charge is 2.44. The third-order valence-electron chi connectivity index (χ3n) is 3.17. The zero-order chi connectivity index (χ0) is 18.2. The number of rotatable bonds is 5. The summed E-state index contributed by atoms with van der Waals surface area (Å²) in [5.74, 6) is 0.157. The summed E-state index contributed by atoms with van der Waals surface area (Å²) in [5, 5.41) is 4.30. The first-order valence-electron chi connectivity index (χ1n) is 6.69. The van der Waals surface area contributed by atoms with Crippen LogP contribution in [0, 0.1) is 0 Å². The summed E-state index contributed by atoms with van der Waals surface area (Å²) < 4.78 is 23.0. The molecule has 0 spiro atoms. The number of thiophene rings is 1. The lowest BCUT2D eigenvalue weighted by atomic mass is 10.2. The molecule has 3 heterocycles. The lowest BCUT2D eigenvalue weighted by Gasteiger charge is -2.21. The molecule has 3 aromatic rings. The fourth-order valence-electron chi connectivity index (χ4n) is 2.08. The molecule has 25 heavy (non-hydrogen) atoms. The monoisotopic (exact) mass is 402 g/mol. The fourth-order valence-corrected chi connectivity index (χ4v) is 4.99. The average Bonchev–Trinajstić information content (AvgIpc) is 2.99. The summed E-state index contributed by atoms with van der Waals surface area (Å²) in [7, 11) is -10.3. The van der Waals surface area contributed by atoms with Crippen LogP contribution in [-0.4, -0.2) is 40.0 Å². The Kier molecular flexibility index (Phi) is 4.74. The molecule has 10 nitrogen and oxygen atoms in total. The van der Waals surface area contributed by atoms with E-state index in [1.807, 2.05) is 0 Å². The van der Waals surface area contributed by atoms with Crippen molar-refractivity contribution in [2.24, 2.45) is 0 Å². The maximum atomic E-state index is 11.5. The first-order chi connectivity index (χ1) is 11.7. The molecule has 0 saturated carbocycles. The molecule has 0 aromatic carbocycles. The van der Waals surface area contributed by atoms with Crippen molar-refractivity contribution in [2.75, 3.05) is 5.32 Å². The second kappa shape index (κ2) is 6.54. The van der Waals surface area contributed by atoms with E-state index in [0.717, 1.165) is 0 Å².